The molecule has 2 aromatic heterocycles. The maximum absolute atomic E-state index is 10.7. The molecule has 100 valence electrons. The molecule has 0 radical (unpaired) electrons. The predicted molar refractivity (Wildman–Crippen MR) is 81.6 cm³/mol. The van der Waals surface area contributed by atoms with Crippen LogP contribution in [0.2, 0.25) is 0 Å². The van der Waals surface area contributed by atoms with Crippen molar-refractivity contribution in [2.75, 3.05) is 5.73 Å². The number of nitrogens with two attached hydrogens (primary N) is 1. The fourth-order valence-corrected chi connectivity index (χ4v) is 3.72. The van der Waals surface area contributed by atoms with Gasteiger partial charge in [0.05, 0.1) is 14.1 Å². The van der Waals surface area contributed by atoms with Crippen molar-refractivity contribution >= 4 is 49.0 Å². The molecule has 0 aliphatic heterocycles. The van der Waals surface area contributed by atoms with Crippen molar-refractivity contribution in [2.24, 2.45) is 0 Å². The molecule has 0 atom stereocenters. The van der Waals surface area contributed by atoms with Crippen molar-refractivity contribution in [3.8, 4) is 11.1 Å². The second kappa shape index (κ2) is 4.80. The van der Waals surface area contributed by atoms with Gasteiger partial charge in [-0.05, 0) is 33.6 Å². The van der Waals surface area contributed by atoms with E-state index in [0.29, 0.717) is 5.82 Å². The minimum Gasteiger partial charge on any atom is -0.383 e. The lowest BCUT2D eigenvalue weighted by Crippen LogP contribution is -1.92. The molecule has 0 bridgehead atoms. The molecule has 0 aliphatic carbocycles. The molecule has 1 aromatic carbocycles. The molecule has 2 N–H and O–H groups in total. The van der Waals surface area contributed by atoms with Crippen molar-refractivity contribution in [3.63, 3.8) is 0 Å². The number of nitrogens with zero attached hydrogens (tertiary/aromatic N) is 3. The zero-order chi connectivity index (χ0) is 14.3. The number of anilines is 1. The highest BCUT2D eigenvalue weighted by molar-refractivity contribution is 9.11. The average Bonchev–Trinajstić information content (AvgIpc) is 2.76. The first-order valence-corrected chi connectivity index (χ1v) is 7.12. The Kier molecular flexibility index (Phi) is 3.11. The summed E-state index contributed by atoms with van der Waals surface area (Å²) in [6.45, 7) is 0. The summed E-state index contributed by atoms with van der Waals surface area (Å²) in [5, 5.41) is 11.5. The van der Waals surface area contributed by atoms with Crippen LogP contribution in [0.1, 0.15) is 0 Å². The van der Waals surface area contributed by atoms with Gasteiger partial charge in [0.1, 0.15) is 17.0 Å². The lowest BCUT2D eigenvalue weighted by Gasteiger charge is -2.02. The molecule has 0 amide bonds. The minimum absolute atomic E-state index is 0.0497. The number of benzene rings is 1. The Labute approximate surface area is 125 Å². The molecule has 0 fully saturated rings. The largest absolute Gasteiger partial charge is 0.383 e. The van der Waals surface area contributed by atoms with Crippen LogP contribution in [-0.4, -0.2) is 14.9 Å². The molecule has 6 nitrogen and oxygen atoms in total. The fourth-order valence-electron chi connectivity index (χ4n) is 1.94. The van der Waals surface area contributed by atoms with Gasteiger partial charge in [0, 0.05) is 17.7 Å². The summed E-state index contributed by atoms with van der Waals surface area (Å²) in [6.07, 6.45) is 1.42. The number of halogens is 1. The molecule has 0 saturated carbocycles. The standard InChI is InChI=1S/C12H7BrN4O2S/c13-10-8(6-1-3-7(4-2-6)17(18)19)9-11(14)15-5-16-12(9)20-10/h1-5H,(H2,14,15,16). The number of nitrogen functional groups attached to an aromatic ring is 1. The molecule has 3 rings (SSSR count). The third-order valence-corrected chi connectivity index (χ3v) is 4.61. The van der Waals surface area contributed by atoms with Crippen molar-refractivity contribution in [2.45, 2.75) is 0 Å². The van der Waals surface area contributed by atoms with Crippen molar-refractivity contribution in [3.05, 3.63) is 44.5 Å². The first-order valence-electron chi connectivity index (χ1n) is 5.51. The summed E-state index contributed by atoms with van der Waals surface area (Å²) in [4.78, 5) is 19.2. The summed E-state index contributed by atoms with van der Waals surface area (Å²) in [6, 6.07) is 6.31. The van der Waals surface area contributed by atoms with Crippen LogP contribution in [0.15, 0.2) is 34.4 Å². The Bertz CT molecular complexity index is 816. The van der Waals surface area contributed by atoms with Crippen molar-refractivity contribution in [1.82, 2.24) is 9.97 Å². The van der Waals surface area contributed by atoms with Gasteiger partial charge in [0.25, 0.3) is 5.69 Å². The maximum atomic E-state index is 10.7. The molecule has 8 heteroatoms. The molecule has 0 unspecified atom stereocenters. The molecule has 0 aliphatic rings. The summed E-state index contributed by atoms with van der Waals surface area (Å²) in [7, 11) is 0. The normalized spacial score (nSPS) is 10.8. The quantitative estimate of drug-likeness (QED) is 0.562. The van der Waals surface area contributed by atoms with Crippen LogP contribution < -0.4 is 5.73 Å². The smallest absolute Gasteiger partial charge is 0.269 e. The molecule has 2 heterocycles. The Balaban J connectivity index is 2.23. The van der Waals surface area contributed by atoms with Gasteiger partial charge in [-0.3, -0.25) is 10.1 Å². The summed E-state index contributed by atoms with van der Waals surface area (Å²) in [5.74, 6) is 0.394. The second-order valence-corrected chi connectivity index (χ2v) is 6.31. The number of nitro groups is 1. The molecule has 0 saturated heterocycles. The zero-order valence-electron chi connectivity index (χ0n) is 9.91. The van der Waals surface area contributed by atoms with Gasteiger partial charge in [0.15, 0.2) is 0 Å². The SMILES string of the molecule is Nc1ncnc2sc(Br)c(-c3ccc([N+](=O)[O-])cc3)c12. The Morgan fingerprint density at radius 1 is 1.25 bits per heavy atom. The lowest BCUT2D eigenvalue weighted by atomic mass is 10.1. The predicted octanol–water partition coefficient (Wildman–Crippen LogP) is 3.61. The molecule has 0 spiro atoms. The zero-order valence-corrected chi connectivity index (χ0v) is 12.3. The van der Waals surface area contributed by atoms with Gasteiger partial charge in [0.2, 0.25) is 0 Å². The number of non-ortho nitro benzene ring substituents is 1. The van der Waals surface area contributed by atoms with Crippen molar-refractivity contribution < 1.29 is 4.92 Å². The van der Waals surface area contributed by atoms with E-state index in [1.165, 1.54) is 29.8 Å². The second-order valence-electron chi connectivity index (χ2n) is 3.99. The molecular weight excluding hydrogens is 344 g/mol. The number of fused-ring (bicyclic) bond motifs is 1. The van der Waals surface area contributed by atoms with Gasteiger partial charge in [-0.1, -0.05) is 0 Å². The molecule has 20 heavy (non-hydrogen) atoms. The van der Waals surface area contributed by atoms with E-state index < -0.39 is 4.92 Å². The number of hydrogen-bond acceptors (Lipinski definition) is 6. The van der Waals surface area contributed by atoms with Crippen LogP contribution in [0.4, 0.5) is 11.5 Å². The van der Waals surface area contributed by atoms with Crippen LogP contribution in [0.5, 0.6) is 0 Å². The number of thiophene rings is 1. The topological polar surface area (TPSA) is 94.9 Å². The van der Waals surface area contributed by atoms with E-state index in [9.17, 15) is 10.1 Å². The van der Waals surface area contributed by atoms with Gasteiger partial charge in [-0.2, -0.15) is 0 Å². The number of rotatable bonds is 2. The number of hydrogen-bond donors (Lipinski definition) is 1. The average molecular weight is 351 g/mol. The summed E-state index contributed by atoms with van der Waals surface area (Å²) < 4.78 is 0.869. The van der Waals surface area contributed by atoms with E-state index in [4.69, 9.17) is 5.73 Å². The highest BCUT2D eigenvalue weighted by Crippen LogP contribution is 2.43. The van der Waals surface area contributed by atoms with E-state index >= 15 is 0 Å². The third kappa shape index (κ3) is 2.02. The Hall–Kier alpha value is -2.06. The Morgan fingerprint density at radius 2 is 1.95 bits per heavy atom. The first kappa shape index (κ1) is 12.9. The Morgan fingerprint density at radius 3 is 2.60 bits per heavy atom. The van der Waals surface area contributed by atoms with Crippen LogP contribution >= 0.6 is 27.3 Å². The number of nitro benzene ring substituents is 1. The highest BCUT2D eigenvalue weighted by atomic mass is 79.9. The summed E-state index contributed by atoms with van der Waals surface area (Å²) >= 11 is 4.94. The van der Waals surface area contributed by atoms with Crippen molar-refractivity contribution in [1.29, 1.82) is 0 Å². The highest BCUT2D eigenvalue weighted by Gasteiger charge is 2.17. The third-order valence-electron chi connectivity index (χ3n) is 2.84. The number of aromatic nitrogens is 2. The van der Waals surface area contributed by atoms with Crippen LogP contribution in [0.25, 0.3) is 21.3 Å². The van der Waals surface area contributed by atoms with E-state index in [0.717, 1.165) is 25.1 Å². The summed E-state index contributed by atoms with van der Waals surface area (Å²) in [5.41, 5.74) is 7.65. The van der Waals surface area contributed by atoms with Gasteiger partial charge in [-0.25, -0.2) is 9.97 Å². The molecular formula is C12H7BrN4O2S. The maximum Gasteiger partial charge on any atom is 0.269 e. The lowest BCUT2D eigenvalue weighted by molar-refractivity contribution is -0.384. The fraction of sp³-hybridized carbons (Fsp3) is 0. The monoisotopic (exact) mass is 350 g/mol. The van der Waals surface area contributed by atoms with E-state index in [2.05, 4.69) is 25.9 Å². The van der Waals surface area contributed by atoms with Gasteiger partial charge >= 0.3 is 0 Å². The molecule has 3 aromatic rings. The van der Waals surface area contributed by atoms with E-state index in [-0.39, 0.29) is 5.69 Å². The minimum atomic E-state index is -0.429. The van der Waals surface area contributed by atoms with E-state index in [1.807, 2.05) is 0 Å². The van der Waals surface area contributed by atoms with Crippen LogP contribution in [-0.2, 0) is 0 Å². The van der Waals surface area contributed by atoms with Crippen LogP contribution in [0.3, 0.4) is 0 Å². The van der Waals surface area contributed by atoms with E-state index in [1.54, 1.807) is 12.1 Å². The van der Waals surface area contributed by atoms with Crippen LogP contribution in [0, 0.1) is 10.1 Å². The van der Waals surface area contributed by atoms with Gasteiger partial charge in [-0.15, -0.1) is 11.3 Å². The first-order chi connectivity index (χ1) is 9.58. The van der Waals surface area contributed by atoms with Gasteiger partial charge < -0.3 is 5.73 Å².